The number of nitrogens with two attached hydrogens (primary N) is 1. The topological polar surface area (TPSA) is 138 Å². The van der Waals surface area contributed by atoms with Crippen LogP contribution in [-0.2, 0) is 14.2 Å². The van der Waals surface area contributed by atoms with Crippen molar-refractivity contribution in [3.63, 3.8) is 0 Å². The molecule has 4 heterocycles. The Morgan fingerprint density at radius 2 is 1.96 bits per heavy atom. The second-order valence-corrected chi connectivity index (χ2v) is 6.47. The molecule has 3 aromatic rings. The molecule has 10 heteroatoms. The Morgan fingerprint density at radius 3 is 2.74 bits per heavy atom. The van der Waals surface area contributed by atoms with Gasteiger partial charge in [0.15, 0.2) is 23.7 Å². The van der Waals surface area contributed by atoms with Crippen LogP contribution in [0.25, 0.3) is 11.2 Å². The van der Waals surface area contributed by atoms with Gasteiger partial charge in [-0.2, -0.15) is 4.98 Å². The molecule has 0 spiro atoms. The van der Waals surface area contributed by atoms with E-state index in [1.807, 2.05) is 30.3 Å². The zero-order valence-corrected chi connectivity index (χ0v) is 14.1. The quantitative estimate of drug-likeness (QED) is 0.588. The van der Waals surface area contributed by atoms with Crippen LogP contribution in [0.5, 0.6) is 0 Å². The molecule has 10 nitrogen and oxygen atoms in total. The van der Waals surface area contributed by atoms with Crippen molar-refractivity contribution in [2.24, 2.45) is 0 Å². The van der Waals surface area contributed by atoms with Gasteiger partial charge in [0.25, 0.3) is 5.56 Å². The summed E-state index contributed by atoms with van der Waals surface area (Å²) in [4.78, 5) is 22.7. The highest BCUT2D eigenvalue weighted by atomic mass is 16.8. The molecule has 4 N–H and O–H groups in total. The summed E-state index contributed by atoms with van der Waals surface area (Å²) >= 11 is 0. The SMILES string of the molecule is Nc1nc2c(ncn2C2OC(CO)C3OC(c4ccccc4)OC32)c(=O)[nH]1. The van der Waals surface area contributed by atoms with Gasteiger partial charge in [0.2, 0.25) is 5.95 Å². The van der Waals surface area contributed by atoms with E-state index in [9.17, 15) is 9.90 Å². The van der Waals surface area contributed by atoms with Crippen LogP contribution in [0.3, 0.4) is 0 Å². The highest BCUT2D eigenvalue weighted by Crippen LogP contribution is 2.44. The molecular formula is C17H17N5O5. The molecule has 140 valence electrons. The minimum absolute atomic E-state index is 0.0201. The summed E-state index contributed by atoms with van der Waals surface area (Å²) in [7, 11) is 0. The van der Waals surface area contributed by atoms with Crippen LogP contribution in [0.2, 0.25) is 0 Å². The number of ether oxygens (including phenoxy) is 3. The number of anilines is 1. The van der Waals surface area contributed by atoms with Crippen LogP contribution in [0.15, 0.2) is 41.5 Å². The van der Waals surface area contributed by atoms with Gasteiger partial charge in [0.1, 0.15) is 18.3 Å². The van der Waals surface area contributed by atoms with E-state index in [0.717, 1.165) is 5.56 Å². The standard InChI is InChI=1S/C17H17N5O5/c18-17-20-13-10(14(24)21-17)19-7-22(13)15-12-11(9(6-23)25-15)26-16(27-12)8-4-2-1-3-5-8/h1-5,7,9,11-12,15-16,23H,6H2,(H3,18,20,21,24). The highest BCUT2D eigenvalue weighted by molar-refractivity contribution is 5.70. The van der Waals surface area contributed by atoms with E-state index < -0.39 is 36.4 Å². The van der Waals surface area contributed by atoms with Gasteiger partial charge >= 0.3 is 0 Å². The lowest BCUT2D eigenvalue weighted by Crippen LogP contribution is -2.30. The molecule has 2 fully saturated rings. The van der Waals surface area contributed by atoms with Gasteiger partial charge in [-0.1, -0.05) is 30.3 Å². The van der Waals surface area contributed by atoms with Crippen LogP contribution in [0.4, 0.5) is 5.95 Å². The van der Waals surface area contributed by atoms with E-state index in [2.05, 4.69) is 15.0 Å². The molecule has 0 bridgehead atoms. The maximum absolute atomic E-state index is 12.0. The molecule has 2 saturated heterocycles. The van der Waals surface area contributed by atoms with Gasteiger partial charge in [-0.05, 0) is 0 Å². The maximum Gasteiger partial charge on any atom is 0.280 e. The molecule has 0 amide bonds. The number of aromatic nitrogens is 4. The smallest absolute Gasteiger partial charge is 0.280 e. The first-order valence-corrected chi connectivity index (χ1v) is 8.50. The van der Waals surface area contributed by atoms with Crippen LogP contribution >= 0.6 is 0 Å². The van der Waals surface area contributed by atoms with Crippen molar-refractivity contribution in [3.05, 3.63) is 52.6 Å². The number of rotatable bonds is 3. The van der Waals surface area contributed by atoms with Gasteiger partial charge in [0, 0.05) is 5.56 Å². The van der Waals surface area contributed by atoms with Crippen molar-refractivity contribution in [2.45, 2.75) is 30.8 Å². The van der Waals surface area contributed by atoms with Gasteiger partial charge in [-0.25, -0.2) is 4.98 Å². The summed E-state index contributed by atoms with van der Waals surface area (Å²) in [5.74, 6) is -0.0201. The number of H-pyrrole nitrogens is 1. The molecular weight excluding hydrogens is 354 g/mol. The largest absolute Gasteiger partial charge is 0.394 e. The zero-order chi connectivity index (χ0) is 18.5. The van der Waals surface area contributed by atoms with Crippen LogP contribution < -0.4 is 11.3 Å². The Bertz CT molecular complexity index is 1040. The molecule has 0 saturated carbocycles. The molecule has 1 aromatic carbocycles. The predicted octanol–water partition coefficient (Wildman–Crippen LogP) is 0.0743. The number of aliphatic hydroxyl groups is 1. The van der Waals surface area contributed by atoms with E-state index in [4.69, 9.17) is 19.9 Å². The van der Waals surface area contributed by atoms with E-state index in [-0.39, 0.29) is 23.7 Å². The first-order chi connectivity index (χ1) is 13.2. The molecule has 2 aliphatic heterocycles. The fraction of sp³-hybridized carbons (Fsp3) is 0.353. The first-order valence-electron chi connectivity index (χ1n) is 8.50. The Hall–Kier alpha value is -2.79. The van der Waals surface area contributed by atoms with E-state index >= 15 is 0 Å². The Kier molecular flexibility index (Phi) is 3.72. The monoisotopic (exact) mass is 371 g/mol. The summed E-state index contributed by atoms with van der Waals surface area (Å²) in [6.07, 6.45) is -1.34. The van der Waals surface area contributed by atoms with Gasteiger partial charge in [0.05, 0.1) is 12.9 Å². The van der Waals surface area contributed by atoms with Gasteiger partial charge in [-0.15, -0.1) is 0 Å². The summed E-state index contributed by atoms with van der Waals surface area (Å²) in [6, 6.07) is 9.52. The maximum atomic E-state index is 12.0. The molecule has 0 radical (unpaired) electrons. The summed E-state index contributed by atoms with van der Waals surface area (Å²) in [5.41, 5.74) is 6.53. The number of nitrogens with one attached hydrogen (secondary N) is 1. The van der Waals surface area contributed by atoms with E-state index in [1.54, 1.807) is 4.57 Å². The lowest BCUT2D eigenvalue weighted by molar-refractivity contribution is -0.153. The number of nitrogen functional groups attached to an aromatic ring is 1. The fourth-order valence-corrected chi connectivity index (χ4v) is 3.60. The van der Waals surface area contributed by atoms with Crippen molar-refractivity contribution in [1.29, 1.82) is 0 Å². The number of imidazole rings is 1. The van der Waals surface area contributed by atoms with Crippen molar-refractivity contribution >= 4 is 17.1 Å². The number of aliphatic hydroxyl groups excluding tert-OH is 1. The average molecular weight is 371 g/mol. The predicted molar refractivity (Wildman–Crippen MR) is 92.5 cm³/mol. The minimum atomic E-state index is -0.667. The highest BCUT2D eigenvalue weighted by Gasteiger charge is 2.53. The lowest BCUT2D eigenvalue weighted by Gasteiger charge is -2.20. The number of benzene rings is 1. The Morgan fingerprint density at radius 1 is 1.19 bits per heavy atom. The van der Waals surface area contributed by atoms with E-state index in [1.165, 1.54) is 6.33 Å². The third kappa shape index (κ3) is 2.53. The van der Waals surface area contributed by atoms with Gasteiger partial charge < -0.3 is 25.1 Å². The number of hydrogen-bond acceptors (Lipinski definition) is 8. The zero-order valence-electron chi connectivity index (χ0n) is 14.1. The third-order valence-corrected chi connectivity index (χ3v) is 4.82. The third-order valence-electron chi connectivity index (χ3n) is 4.82. The second-order valence-electron chi connectivity index (χ2n) is 6.47. The normalized spacial score (nSPS) is 30.0. The Balaban J connectivity index is 1.53. The van der Waals surface area contributed by atoms with Crippen molar-refractivity contribution in [2.75, 3.05) is 12.3 Å². The minimum Gasteiger partial charge on any atom is -0.394 e. The second kappa shape index (κ2) is 6.13. The van der Waals surface area contributed by atoms with Crippen molar-refractivity contribution in [3.8, 4) is 0 Å². The van der Waals surface area contributed by atoms with Crippen molar-refractivity contribution < 1.29 is 19.3 Å². The molecule has 5 rings (SSSR count). The molecule has 2 aliphatic rings. The number of aromatic amines is 1. The first kappa shape index (κ1) is 16.4. The van der Waals surface area contributed by atoms with Crippen LogP contribution in [-0.4, -0.2) is 49.5 Å². The molecule has 5 unspecified atom stereocenters. The van der Waals surface area contributed by atoms with Crippen molar-refractivity contribution in [1.82, 2.24) is 19.5 Å². The van der Waals surface area contributed by atoms with Crippen LogP contribution in [0, 0.1) is 0 Å². The average Bonchev–Trinajstić information content (AvgIpc) is 3.35. The molecule has 0 aliphatic carbocycles. The molecule has 27 heavy (non-hydrogen) atoms. The summed E-state index contributed by atoms with van der Waals surface area (Å²) < 4.78 is 19.6. The number of fused-ring (bicyclic) bond motifs is 2. The Labute approximate surface area is 152 Å². The number of hydrogen-bond donors (Lipinski definition) is 3. The lowest BCUT2D eigenvalue weighted by atomic mass is 10.1. The van der Waals surface area contributed by atoms with Crippen LogP contribution in [0.1, 0.15) is 18.1 Å². The molecule has 2 aromatic heterocycles. The summed E-state index contributed by atoms with van der Waals surface area (Å²) in [6.45, 7) is -0.231. The number of nitrogens with zero attached hydrogens (tertiary/aromatic N) is 3. The summed E-state index contributed by atoms with van der Waals surface area (Å²) in [5, 5.41) is 9.71. The fourth-order valence-electron chi connectivity index (χ4n) is 3.60. The molecule has 5 atom stereocenters. The van der Waals surface area contributed by atoms with E-state index in [0.29, 0.717) is 0 Å². The van der Waals surface area contributed by atoms with Gasteiger partial charge in [-0.3, -0.25) is 14.3 Å².